The molecule has 0 bridgehead atoms. The van der Waals surface area contributed by atoms with E-state index in [0.717, 1.165) is 19.3 Å². The van der Waals surface area contributed by atoms with E-state index in [1.54, 1.807) is 0 Å². The maximum absolute atomic E-state index is 11.5. The Labute approximate surface area is 172 Å². The molecule has 0 aliphatic heterocycles. The number of rotatable bonds is 20. The number of hydrogen-bond acceptors (Lipinski definition) is 5. The van der Waals surface area contributed by atoms with Crippen LogP contribution in [0.4, 0.5) is 0 Å². The summed E-state index contributed by atoms with van der Waals surface area (Å²) in [5.74, 6) is -1.11. The van der Waals surface area contributed by atoms with Crippen LogP contribution in [-0.2, 0) is 14.3 Å². The zero-order valence-corrected chi connectivity index (χ0v) is 18.1. The summed E-state index contributed by atoms with van der Waals surface area (Å²) in [4.78, 5) is 22.9. The summed E-state index contributed by atoms with van der Waals surface area (Å²) in [6.07, 6.45) is 18.5. The van der Waals surface area contributed by atoms with E-state index in [9.17, 15) is 9.59 Å². The van der Waals surface area contributed by atoms with Gasteiger partial charge < -0.3 is 14.9 Å². The van der Waals surface area contributed by atoms with Crippen molar-refractivity contribution in [2.24, 2.45) is 0 Å². The highest BCUT2D eigenvalue weighted by molar-refractivity contribution is 5.85. The summed E-state index contributed by atoms with van der Waals surface area (Å²) in [5.41, 5.74) is 0. The molecule has 166 valence electrons. The summed E-state index contributed by atoms with van der Waals surface area (Å²) in [6.45, 7) is 1.87. The Morgan fingerprint density at radius 1 is 0.679 bits per heavy atom. The van der Waals surface area contributed by atoms with Gasteiger partial charge in [0.25, 0.3) is 0 Å². The predicted octanol–water partition coefficient (Wildman–Crippen LogP) is 5.45. The third-order valence-corrected chi connectivity index (χ3v) is 5.10. The van der Waals surface area contributed by atoms with Crippen molar-refractivity contribution in [3.05, 3.63) is 0 Å². The maximum Gasteiger partial charge on any atom is 0.313 e. The minimum Gasteiger partial charge on any atom is -0.394 e. The highest BCUT2D eigenvalue weighted by atomic mass is 16.6. The van der Waals surface area contributed by atoms with Gasteiger partial charge in [0.1, 0.15) is 0 Å². The largest absolute Gasteiger partial charge is 0.394 e. The quantitative estimate of drug-likeness (QED) is 0.161. The highest BCUT2D eigenvalue weighted by Crippen LogP contribution is 2.14. The molecule has 0 saturated carbocycles. The van der Waals surface area contributed by atoms with Crippen LogP contribution in [0.5, 0.6) is 0 Å². The van der Waals surface area contributed by atoms with Gasteiger partial charge in [-0.1, -0.05) is 96.8 Å². The Morgan fingerprint density at radius 3 is 1.50 bits per heavy atom. The fraction of sp³-hybridized carbons (Fsp3) is 0.913. The number of esters is 2. The number of aliphatic hydroxyl groups excluding tert-OH is 2. The van der Waals surface area contributed by atoms with Crippen LogP contribution in [0.3, 0.4) is 0 Å². The molecule has 0 fully saturated rings. The molecule has 0 saturated heterocycles. The molecule has 0 spiro atoms. The molecule has 0 aliphatic carbocycles. The molecular formula is C23H44O5. The second-order valence-corrected chi connectivity index (χ2v) is 7.92. The Kier molecular flexibility index (Phi) is 20.1. The SMILES string of the molecule is CCCCCCCCCCCCCCCCCC(=O)OC(=O)CCC(O)CO. The normalized spacial score (nSPS) is 12.1. The van der Waals surface area contributed by atoms with Gasteiger partial charge >= 0.3 is 11.9 Å². The lowest BCUT2D eigenvalue weighted by Gasteiger charge is -2.06. The van der Waals surface area contributed by atoms with Crippen LogP contribution in [-0.4, -0.2) is 34.9 Å². The van der Waals surface area contributed by atoms with Gasteiger partial charge in [-0.05, 0) is 12.8 Å². The van der Waals surface area contributed by atoms with E-state index in [1.165, 1.54) is 77.0 Å². The summed E-state index contributed by atoms with van der Waals surface area (Å²) >= 11 is 0. The molecule has 0 amide bonds. The van der Waals surface area contributed by atoms with Gasteiger partial charge in [0.2, 0.25) is 0 Å². The van der Waals surface area contributed by atoms with Gasteiger partial charge in [0.15, 0.2) is 0 Å². The number of carbonyl (C=O) groups excluding carboxylic acids is 2. The Bertz CT molecular complexity index is 370. The monoisotopic (exact) mass is 400 g/mol. The van der Waals surface area contributed by atoms with E-state index >= 15 is 0 Å². The predicted molar refractivity (Wildman–Crippen MR) is 113 cm³/mol. The maximum atomic E-state index is 11.5. The summed E-state index contributed by atoms with van der Waals surface area (Å²) in [6, 6.07) is 0. The van der Waals surface area contributed by atoms with Crippen molar-refractivity contribution < 1.29 is 24.5 Å². The third kappa shape index (κ3) is 19.8. The van der Waals surface area contributed by atoms with Gasteiger partial charge in [-0.15, -0.1) is 0 Å². The Morgan fingerprint density at radius 2 is 1.07 bits per heavy atom. The minimum atomic E-state index is -0.932. The van der Waals surface area contributed by atoms with Crippen molar-refractivity contribution in [2.45, 2.75) is 129 Å². The lowest BCUT2D eigenvalue weighted by Crippen LogP contribution is -2.17. The fourth-order valence-corrected chi connectivity index (χ4v) is 3.25. The molecule has 0 heterocycles. The Balaban J connectivity index is 3.28. The molecule has 0 rings (SSSR count). The van der Waals surface area contributed by atoms with Crippen molar-refractivity contribution in [1.82, 2.24) is 0 Å². The van der Waals surface area contributed by atoms with Crippen LogP contribution >= 0.6 is 0 Å². The molecule has 0 aliphatic rings. The van der Waals surface area contributed by atoms with Gasteiger partial charge in [-0.3, -0.25) is 9.59 Å². The standard InChI is InChI=1S/C23H44O5/c1-2-3-4-5-6-7-8-9-10-11-12-13-14-15-16-17-22(26)28-23(27)19-18-21(25)20-24/h21,24-25H,2-20H2,1H3. The van der Waals surface area contributed by atoms with E-state index in [1.807, 2.05) is 0 Å². The molecule has 2 N–H and O–H groups in total. The van der Waals surface area contributed by atoms with Gasteiger partial charge in [-0.25, -0.2) is 0 Å². The van der Waals surface area contributed by atoms with Crippen molar-refractivity contribution >= 4 is 11.9 Å². The smallest absolute Gasteiger partial charge is 0.313 e. The minimum absolute atomic E-state index is 0.0493. The second-order valence-electron chi connectivity index (χ2n) is 7.92. The molecule has 5 nitrogen and oxygen atoms in total. The zero-order valence-electron chi connectivity index (χ0n) is 18.1. The van der Waals surface area contributed by atoms with Crippen molar-refractivity contribution in [2.75, 3.05) is 6.61 Å². The van der Waals surface area contributed by atoms with Gasteiger partial charge in [0, 0.05) is 12.8 Å². The molecule has 0 aromatic heterocycles. The van der Waals surface area contributed by atoms with E-state index in [-0.39, 0.29) is 25.9 Å². The molecule has 1 atom stereocenters. The van der Waals surface area contributed by atoms with E-state index in [4.69, 9.17) is 14.9 Å². The molecular weight excluding hydrogens is 356 g/mol. The summed E-state index contributed by atoms with van der Waals surface area (Å²) in [7, 11) is 0. The lowest BCUT2D eigenvalue weighted by atomic mass is 10.0. The van der Waals surface area contributed by atoms with E-state index in [2.05, 4.69) is 6.92 Å². The first-order chi connectivity index (χ1) is 13.6. The van der Waals surface area contributed by atoms with Crippen LogP contribution < -0.4 is 0 Å². The third-order valence-electron chi connectivity index (χ3n) is 5.10. The number of carbonyl (C=O) groups is 2. The van der Waals surface area contributed by atoms with Crippen molar-refractivity contribution in [3.8, 4) is 0 Å². The molecule has 0 aromatic carbocycles. The van der Waals surface area contributed by atoms with Gasteiger partial charge in [-0.2, -0.15) is 0 Å². The first-order valence-corrected chi connectivity index (χ1v) is 11.6. The van der Waals surface area contributed by atoms with Crippen LogP contribution in [0, 0.1) is 0 Å². The fourth-order valence-electron chi connectivity index (χ4n) is 3.25. The molecule has 5 heteroatoms. The second kappa shape index (κ2) is 20.8. The van der Waals surface area contributed by atoms with Crippen LogP contribution in [0.2, 0.25) is 0 Å². The number of hydrogen-bond donors (Lipinski definition) is 2. The van der Waals surface area contributed by atoms with Crippen LogP contribution in [0.25, 0.3) is 0 Å². The molecule has 0 aromatic rings. The first-order valence-electron chi connectivity index (χ1n) is 11.6. The average Bonchev–Trinajstić information content (AvgIpc) is 2.69. The average molecular weight is 401 g/mol. The van der Waals surface area contributed by atoms with Crippen LogP contribution in [0.1, 0.15) is 122 Å². The van der Waals surface area contributed by atoms with E-state index in [0.29, 0.717) is 0 Å². The van der Waals surface area contributed by atoms with E-state index < -0.39 is 18.0 Å². The topological polar surface area (TPSA) is 83.8 Å². The lowest BCUT2D eigenvalue weighted by molar-refractivity contribution is -0.160. The number of ether oxygens (including phenoxy) is 1. The first kappa shape index (κ1) is 27.1. The van der Waals surface area contributed by atoms with Crippen molar-refractivity contribution in [3.63, 3.8) is 0 Å². The molecule has 28 heavy (non-hydrogen) atoms. The Hall–Kier alpha value is -0.940. The number of unbranched alkanes of at least 4 members (excludes halogenated alkanes) is 14. The number of aliphatic hydroxyl groups is 2. The molecule has 1 unspecified atom stereocenters. The summed E-state index contributed by atoms with van der Waals surface area (Å²) in [5, 5.41) is 17.8. The van der Waals surface area contributed by atoms with Gasteiger partial charge in [0.05, 0.1) is 12.7 Å². The van der Waals surface area contributed by atoms with Crippen LogP contribution in [0.15, 0.2) is 0 Å². The highest BCUT2D eigenvalue weighted by Gasteiger charge is 2.12. The van der Waals surface area contributed by atoms with Crippen molar-refractivity contribution in [1.29, 1.82) is 0 Å². The molecule has 0 radical (unpaired) electrons. The zero-order chi connectivity index (χ0) is 20.9. The summed E-state index contributed by atoms with van der Waals surface area (Å²) < 4.78 is 4.69.